The molecule has 102 valence electrons. The Balaban J connectivity index is 2.41. The Kier molecular flexibility index (Phi) is 5.26. The Bertz CT molecular complexity index is 569. The summed E-state index contributed by atoms with van der Waals surface area (Å²) in [6.45, 7) is 2.77. The van der Waals surface area contributed by atoms with Gasteiger partial charge in [-0.2, -0.15) is 0 Å². The standard InChI is InChI=1S/C13H11BrCl2FNS/c1-2-18-12(11-6-9(16)13(14)19-11)7-3-4-8(15)10(17)5-7/h3-6,12,18H,2H2,1H3. The van der Waals surface area contributed by atoms with Gasteiger partial charge >= 0.3 is 0 Å². The van der Waals surface area contributed by atoms with Crippen LogP contribution in [0.1, 0.15) is 23.4 Å². The van der Waals surface area contributed by atoms with Crippen molar-refractivity contribution in [2.75, 3.05) is 6.54 Å². The summed E-state index contributed by atoms with van der Waals surface area (Å²) in [6, 6.07) is 6.64. The molecule has 0 aliphatic carbocycles. The first-order valence-corrected chi connectivity index (χ1v) is 8.02. The zero-order chi connectivity index (χ0) is 14.0. The fourth-order valence-electron chi connectivity index (χ4n) is 1.78. The van der Waals surface area contributed by atoms with Gasteiger partial charge in [0.25, 0.3) is 0 Å². The molecule has 1 unspecified atom stereocenters. The summed E-state index contributed by atoms with van der Waals surface area (Å²) in [5.74, 6) is -0.413. The van der Waals surface area contributed by atoms with Crippen LogP contribution >= 0.6 is 50.5 Å². The molecule has 1 aromatic heterocycles. The third-order valence-corrected chi connectivity index (χ3v) is 5.48. The van der Waals surface area contributed by atoms with E-state index in [1.165, 1.54) is 17.4 Å². The maximum Gasteiger partial charge on any atom is 0.142 e. The highest BCUT2D eigenvalue weighted by molar-refractivity contribution is 9.11. The number of rotatable bonds is 4. The van der Waals surface area contributed by atoms with Gasteiger partial charge in [-0.25, -0.2) is 4.39 Å². The molecular formula is C13H11BrCl2FNS. The molecule has 2 aromatic rings. The maximum atomic E-state index is 13.6. The smallest absolute Gasteiger partial charge is 0.142 e. The first-order chi connectivity index (χ1) is 9.02. The van der Waals surface area contributed by atoms with Crippen LogP contribution in [0.5, 0.6) is 0 Å². The minimum absolute atomic E-state index is 0.0921. The molecule has 1 nitrogen and oxygen atoms in total. The van der Waals surface area contributed by atoms with Crippen molar-refractivity contribution in [3.05, 3.63) is 54.4 Å². The molecule has 1 atom stereocenters. The van der Waals surface area contributed by atoms with Gasteiger partial charge in [-0.3, -0.25) is 0 Å². The molecule has 0 fully saturated rings. The Hall–Kier alpha value is -0.130. The topological polar surface area (TPSA) is 12.0 Å². The zero-order valence-electron chi connectivity index (χ0n) is 10.0. The molecule has 0 spiro atoms. The second-order valence-corrected chi connectivity index (χ2v) is 7.15. The Morgan fingerprint density at radius 3 is 2.58 bits per heavy atom. The summed E-state index contributed by atoms with van der Waals surface area (Å²) >= 11 is 16.7. The average molecular weight is 383 g/mol. The number of benzene rings is 1. The van der Waals surface area contributed by atoms with E-state index in [0.717, 1.165) is 20.8 Å². The van der Waals surface area contributed by atoms with Crippen LogP contribution in [-0.2, 0) is 0 Å². The lowest BCUT2D eigenvalue weighted by molar-refractivity contribution is 0.607. The summed E-state index contributed by atoms with van der Waals surface area (Å²) in [6.07, 6.45) is 0. The van der Waals surface area contributed by atoms with E-state index >= 15 is 0 Å². The lowest BCUT2D eigenvalue weighted by Crippen LogP contribution is -2.21. The highest BCUT2D eigenvalue weighted by Gasteiger charge is 2.18. The SMILES string of the molecule is CCNC(c1ccc(Cl)c(F)c1)c1cc(Cl)c(Br)s1. The third kappa shape index (κ3) is 3.50. The van der Waals surface area contributed by atoms with E-state index in [0.29, 0.717) is 5.02 Å². The Morgan fingerprint density at radius 2 is 2.05 bits per heavy atom. The van der Waals surface area contributed by atoms with Crippen LogP contribution in [0.3, 0.4) is 0 Å². The molecule has 2 rings (SSSR count). The first kappa shape index (κ1) is 15.3. The lowest BCUT2D eigenvalue weighted by Gasteiger charge is -2.17. The van der Waals surface area contributed by atoms with E-state index in [1.807, 2.05) is 19.1 Å². The van der Waals surface area contributed by atoms with Crippen LogP contribution in [0, 0.1) is 5.82 Å². The fraction of sp³-hybridized carbons (Fsp3) is 0.231. The highest BCUT2D eigenvalue weighted by atomic mass is 79.9. The molecule has 0 radical (unpaired) electrons. The molecule has 19 heavy (non-hydrogen) atoms. The average Bonchev–Trinajstić information content (AvgIpc) is 2.70. The lowest BCUT2D eigenvalue weighted by atomic mass is 10.1. The van der Waals surface area contributed by atoms with Crippen molar-refractivity contribution in [2.45, 2.75) is 13.0 Å². The first-order valence-electron chi connectivity index (χ1n) is 5.66. The van der Waals surface area contributed by atoms with Crippen molar-refractivity contribution in [2.24, 2.45) is 0 Å². The van der Waals surface area contributed by atoms with Gasteiger partial charge in [-0.05, 0) is 46.2 Å². The van der Waals surface area contributed by atoms with E-state index in [4.69, 9.17) is 23.2 Å². The maximum absolute atomic E-state index is 13.6. The summed E-state index contributed by atoms with van der Waals surface area (Å²) in [5, 5.41) is 4.12. The number of hydrogen-bond acceptors (Lipinski definition) is 2. The minimum Gasteiger partial charge on any atom is -0.306 e. The van der Waals surface area contributed by atoms with Gasteiger partial charge in [-0.15, -0.1) is 11.3 Å². The molecule has 0 aliphatic heterocycles. The molecule has 1 aromatic carbocycles. The highest BCUT2D eigenvalue weighted by Crippen LogP contribution is 2.37. The second-order valence-electron chi connectivity index (χ2n) is 3.93. The van der Waals surface area contributed by atoms with Crippen LogP contribution in [0.15, 0.2) is 28.1 Å². The van der Waals surface area contributed by atoms with Crippen molar-refractivity contribution in [1.82, 2.24) is 5.32 Å². The van der Waals surface area contributed by atoms with Gasteiger partial charge in [0.1, 0.15) is 5.82 Å². The van der Waals surface area contributed by atoms with Crippen LogP contribution in [-0.4, -0.2) is 6.54 Å². The summed E-state index contributed by atoms with van der Waals surface area (Å²) in [4.78, 5) is 1.03. The summed E-state index contributed by atoms with van der Waals surface area (Å²) < 4.78 is 14.5. The number of nitrogens with one attached hydrogen (secondary N) is 1. The molecule has 1 N–H and O–H groups in total. The van der Waals surface area contributed by atoms with Crippen LogP contribution in [0.2, 0.25) is 10.0 Å². The minimum atomic E-state index is -0.413. The van der Waals surface area contributed by atoms with E-state index in [9.17, 15) is 4.39 Å². The van der Waals surface area contributed by atoms with Gasteiger partial charge in [-0.1, -0.05) is 36.2 Å². The Morgan fingerprint density at radius 1 is 1.32 bits per heavy atom. The molecule has 0 bridgehead atoms. The van der Waals surface area contributed by atoms with Gasteiger partial charge in [0.2, 0.25) is 0 Å². The zero-order valence-corrected chi connectivity index (χ0v) is 13.9. The number of hydrogen-bond donors (Lipinski definition) is 1. The molecule has 0 saturated carbocycles. The molecular weight excluding hydrogens is 372 g/mol. The molecule has 0 amide bonds. The normalized spacial score (nSPS) is 12.7. The fourth-order valence-corrected chi connectivity index (χ4v) is 3.75. The molecule has 1 heterocycles. The van der Waals surface area contributed by atoms with Gasteiger partial charge in [0, 0.05) is 4.88 Å². The van der Waals surface area contributed by atoms with Gasteiger partial charge in [0.05, 0.1) is 19.9 Å². The van der Waals surface area contributed by atoms with Crippen molar-refractivity contribution in [1.29, 1.82) is 0 Å². The van der Waals surface area contributed by atoms with E-state index < -0.39 is 5.82 Å². The summed E-state index contributed by atoms with van der Waals surface area (Å²) in [7, 11) is 0. The molecule has 6 heteroatoms. The third-order valence-electron chi connectivity index (χ3n) is 2.63. The predicted octanol–water partition coefficient (Wildman–Crippen LogP) is 5.66. The number of thiophene rings is 1. The predicted molar refractivity (Wildman–Crippen MR) is 84.0 cm³/mol. The van der Waals surface area contributed by atoms with Crippen molar-refractivity contribution >= 4 is 50.5 Å². The van der Waals surface area contributed by atoms with E-state index in [1.54, 1.807) is 6.07 Å². The van der Waals surface area contributed by atoms with Gasteiger partial charge in [0.15, 0.2) is 0 Å². The van der Waals surface area contributed by atoms with E-state index in [2.05, 4.69) is 21.2 Å². The monoisotopic (exact) mass is 381 g/mol. The Labute approximate surface area is 133 Å². The van der Waals surface area contributed by atoms with Crippen molar-refractivity contribution in [3.63, 3.8) is 0 Å². The largest absolute Gasteiger partial charge is 0.306 e. The second kappa shape index (κ2) is 6.55. The van der Waals surface area contributed by atoms with E-state index in [-0.39, 0.29) is 11.1 Å². The van der Waals surface area contributed by atoms with Crippen LogP contribution in [0.25, 0.3) is 0 Å². The summed E-state index contributed by atoms with van der Waals surface area (Å²) in [5.41, 5.74) is 0.828. The molecule has 0 aliphatic rings. The van der Waals surface area contributed by atoms with Crippen LogP contribution < -0.4 is 5.32 Å². The quantitative estimate of drug-likeness (QED) is 0.719. The number of halogens is 4. The van der Waals surface area contributed by atoms with Crippen molar-refractivity contribution in [3.8, 4) is 0 Å². The molecule has 0 saturated heterocycles. The van der Waals surface area contributed by atoms with Gasteiger partial charge < -0.3 is 5.32 Å². The van der Waals surface area contributed by atoms with Crippen molar-refractivity contribution < 1.29 is 4.39 Å². The van der Waals surface area contributed by atoms with Crippen LogP contribution in [0.4, 0.5) is 4.39 Å².